The molecule has 2 atom stereocenters. The van der Waals surface area contributed by atoms with Gasteiger partial charge in [0.15, 0.2) is 0 Å². The van der Waals surface area contributed by atoms with E-state index in [2.05, 4.69) is 0 Å². The first-order valence-corrected chi connectivity index (χ1v) is 2.24. The summed E-state index contributed by atoms with van der Waals surface area (Å²) in [5.74, 6) is -4.12. The molecule has 0 saturated heterocycles. The van der Waals surface area contributed by atoms with Gasteiger partial charge in [0.05, 0.1) is 11.9 Å². The molecule has 60 valence electrons. The molecule has 2 radical (unpaired) electrons. The Bertz CT molecular complexity index is 139. The third kappa shape index (κ3) is 4.18. The molecule has 2 unspecified atom stereocenters. The van der Waals surface area contributed by atoms with Crippen molar-refractivity contribution >= 4 is 36.4 Å². The summed E-state index contributed by atoms with van der Waals surface area (Å²) in [6.45, 7) is 0. The van der Waals surface area contributed by atoms with E-state index in [1.807, 2.05) is 0 Å². The molecule has 0 aromatic rings. The first kappa shape index (κ1) is 13.3. The molecule has 0 amide bonds. The van der Waals surface area contributed by atoms with Crippen LogP contribution in [0.3, 0.4) is 0 Å². The molecule has 0 bridgehead atoms. The second-order valence-corrected chi connectivity index (χ2v) is 1.53. The fourth-order valence-corrected chi connectivity index (χ4v) is 0.258. The van der Waals surface area contributed by atoms with E-state index in [-0.39, 0.29) is 24.4 Å². The third-order valence-electron chi connectivity index (χ3n) is 0.782. The fraction of sp³-hybridized carbons (Fsp3) is 0.500. The molecule has 0 saturated carbocycles. The Morgan fingerprint density at radius 1 is 1.00 bits per heavy atom. The SMILES string of the molecule is O=C([O-])C(O)C(O)C(=O)[O-].[Sb+3]. The van der Waals surface area contributed by atoms with Gasteiger partial charge in [-0.15, -0.1) is 0 Å². The van der Waals surface area contributed by atoms with Crippen molar-refractivity contribution in [1.82, 2.24) is 0 Å². The normalized spacial score (nSPS) is 14.4. The monoisotopic (exact) mass is 269 g/mol. The maximum Gasteiger partial charge on any atom is 3.00 e. The van der Waals surface area contributed by atoms with Crippen LogP contribution in [0.2, 0.25) is 0 Å². The average molecular weight is 270 g/mol. The quantitative estimate of drug-likeness (QED) is 0.494. The number of hydrogen-bond donors (Lipinski definition) is 2. The van der Waals surface area contributed by atoms with Crippen molar-refractivity contribution in [3.8, 4) is 0 Å². The van der Waals surface area contributed by atoms with Crippen molar-refractivity contribution in [3.63, 3.8) is 0 Å². The van der Waals surface area contributed by atoms with Gasteiger partial charge in [0.25, 0.3) is 0 Å². The molecular formula is C4H4O6Sb+. The molecule has 7 heteroatoms. The summed E-state index contributed by atoms with van der Waals surface area (Å²) in [5, 5.41) is 35.7. The first-order valence-electron chi connectivity index (χ1n) is 2.24. The molecule has 11 heavy (non-hydrogen) atoms. The van der Waals surface area contributed by atoms with E-state index < -0.39 is 24.1 Å². The zero-order valence-electron chi connectivity index (χ0n) is 5.13. The first-order chi connectivity index (χ1) is 4.46. The van der Waals surface area contributed by atoms with Gasteiger partial charge in [0.2, 0.25) is 0 Å². The number of rotatable bonds is 3. The number of carbonyl (C=O) groups excluding carboxylic acids is 2. The molecule has 0 aliphatic carbocycles. The number of carboxylic acids is 2. The second kappa shape index (κ2) is 5.34. The minimum atomic E-state index is -2.44. The van der Waals surface area contributed by atoms with Crippen molar-refractivity contribution in [1.29, 1.82) is 0 Å². The molecule has 0 fully saturated rings. The number of hydrogen-bond acceptors (Lipinski definition) is 6. The van der Waals surface area contributed by atoms with Gasteiger partial charge in [-0.1, -0.05) is 0 Å². The smallest absolute Gasteiger partial charge is 0.547 e. The maximum atomic E-state index is 9.63. The van der Waals surface area contributed by atoms with Gasteiger partial charge in [-0.05, 0) is 0 Å². The zero-order chi connectivity index (χ0) is 8.31. The van der Waals surface area contributed by atoms with Crippen LogP contribution < -0.4 is 10.2 Å². The van der Waals surface area contributed by atoms with Gasteiger partial charge >= 0.3 is 24.4 Å². The van der Waals surface area contributed by atoms with E-state index in [1.54, 1.807) is 0 Å². The molecule has 0 heterocycles. The zero-order valence-corrected chi connectivity index (χ0v) is 7.68. The van der Waals surface area contributed by atoms with E-state index in [0.29, 0.717) is 0 Å². The van der Waals surface area contributed by atoms with Gasteiger partial charge in [-0.25, -0.2) is 0 Å². The van der Waals surface area contributed by atoms with Crippen LogP contribution in [0, 0.1) is 0 Å². The third-order valence-corrected chi connectivity index (χ3v) is 0.782. The van der Waals surface area contributed by atoms with Crippen molar-refractivity contribution in [3.05, 3.63) is 0 Å². The van der Waals surface area contributed by atoms with Crippen LogP contribution >= 0.6 is 0 Å². The Labute approximate surface area is 78.9 Å². The standard InChI is InChI=1S/C4H6O6.Sb/c5-1(3(7)8)2(6)4(9)10;/h1-2,5-6H,(H,7,8)(H,9,10);/q;+3/p-2. The van der Waals surface area contributed by atoms with E-state index in [4.69, 9.17) is 10.2 Å². The number of aliphatic carboxylic acids is 2. The van der Waals surface area contributed by atoms with Crippen LogP contribution in [-0.4, -0.2) is 58.8 Å². The van der Waals surface area contributed by atoms with Gasteiger partial charge < -0.3 is 30.0 Å². The van der Waals surface area contributed by atoms with Crippen LogP contribution in [0.1, 0.15) is 0 Å². The molecule has 6 nitrogen and oxygen atoms in total. The van der Waals surface area contributed by atoms with Gasteiger partial charge in [0.1, 0.15) is 12.2 Å². The van der Waals surface area contributed by atoms with E-state index >= 15 is 0 Å². The maximum absolute atomic E-state index is 9.63. The molecule has 0 aromatic carbocycles. The van der Waals surface area contributed by atoms with Crippen LogP contribution in [0.4, 0.5) is 0 Å². The molecular weight excluding hydrogens is 266 g/mol. The molecule has 0 rings (SSSR count). The minimum Gasteiger partial charge on any atom is -0.547 e. The number of aliphatic hydroxyl groups excluding tert-OH is 2. The Kier molecular flexibility index (Phi) is 6.45. The van der Waals surface area contributed by atoms with Crippen LogP contribution in [0.25, 0.3) is 0 Å². The van der Waals surface area contributed by atoms with E-state index in [0.717, 1.165) is 0 Å². The molecule has 2 N–H and O–H groups in total. The molecule has 0 aliphatic rings. The van der Waals surface area contributed by atoms with Crippen molar-refractivity contribution in [2.24, 2.45) is 0 Å². The Hall–Kier alpha value is -0.322. The summed E-state index contributed by atoms with van der Waals surface area (Å²) in [6, 6.07) is 0. The summed E-state index contributed by atoms with van der Waals surface area (Å²) >= 11 is 0. The predicted molar refractivity (Wildman–Crippen MR) is 27.8 cm³/mol. The van der Waals surface area contributed by atoms with Crippen molar-refractivity contribution in [2.45, 2.75) is 12.2 Å². The number of aliphatic hydroxyl groups is 2. The van der Waals surface area contributed by atoms with Crippen LogP contribution in [0.5, 0.6) is 0 Å². The largest absolute Gasteiger partial charge is 3.00 e. The van der Waals surface area contributed by atoms with Crippen molar-refractivity contribution < 1.29 is 30.0 Å². The van der Waals surface area contributed by atoms with Gasteiger partial charge in [-0.3, -0.25) is 0 Å². The summed E-state index contributed by atoms with van der Waals surface area (Å²) in [7, 11) is 0. The summed E-state index contributed by atoms with van der Waals surface area (Å²) < 4.78 is 0. The van der Waals surface area contributed by atoms with E-state index in [1.165, 1.54) is 0 Å². The number of carboxylic acid groups (broad SMARTS) is 2. The Morgan fingerprint density at radius 2 is 1.18 bits per heavy atom. The Morgan fingerprint density at radius 3 is 1.27 bits per heavy atom. The topological polar surface area (TPSA) is 121 Å². The van der Waals surface area contributed by atoms with Gasteiger partial charge in [-0.2, -0.15) is 0 Å². The number of carbonyl (C=O) groups is 2. The minimum absolute atomic E-state index is 0. The van der Waals surface area contributed by atoms with Crippen LogP contribution in [0.15, 0.2) is 0 Å². The average Bonchev–Trinajstić information content (AvgIpc) is 1.84. The van der Waals surface area contributed by atoms with Gasteiger partial charge in [0, 0.05) is 0 Å². The van der Waals surface area contributed by atoms with E-state index in [9.17, 15) is 19.8 Å². The second-order valence-electron chi connectivity index (χ2n) is 1.53. The summed E-state index contributed by atoms with van der Waals surface area (Å²) in [5.41, 5.74) is 0. The predicted octanol–water partition coefficient (Wildman–Crippen LogP) is -5.17. The molecule has 0 aromatic heterocycles. The molecule has 0 spiro atoms. The summed E-state index contributed by atoms with van der Waals surface area (Å²) in [6.07, 6.45) is -4.88. The van der Waals surface area contributed by atoms with Crippen molar-refractivity contribution in [2.75, 3.05) is 0 Å². The summed E-state index contributed by atoms with van der Waals surface area (Å²) in [4.78, 5) is 19.3. The van der Waals surface area contributed by atoms with Crippen LogP contribution in [-0.2, 0) is 9.59 Å². The Balaban J connectivity index is 0. The fourth-order valence-electron chi connectivity index (χ4n) is 0.258. The molecule has 0 aliphatic heterocycles.